The van der Waals surface area contributed by atoms with Crippen LogP contribution in [0.25, 0.3) is 67.0 Å². The molecule has 0 amide bonds. The molecule has 3 heterocycles. The number of hydrogen-bond donors (Lipinski definition) is 0. The predicted octanol–water partition coefficient (Wildman–Crippen LogP) is 11.0. The highest BCUT2D eigenvalue weighted by molar-refractivity contribution is 8.00. The lowest BCUT2D eigenvalue weighted by Gasteiger charge is -2.22. The molecular formula is C42H27N3S. The summed E-state index contributed by atoms with van der Waals surface area (Å²) in [5.74, 6) is 0.989. The summed E-state index contributed by atoms with van der Waals surface area (Å²) >= 11 is 2.00. The quantitative estimate of drug-likeness (QED) is 0.201. The van der Waals surface area contributed by atoms with Crippen LogP contribution in [0.5, 0.6) is 0 Å². The number of fused-ring (bicyclic) bond motifs is 10. The van der Waals surface area contributed by atoms with Gasteiger partial charge in [-0.2, -0.15) is 0 Å². The van der Waals surface area contributed by atoms with Crippen LogP contribution in [-0.2, 0) is 0 Å². The monoisotopic (exact) mass is 605 g/mol. The number of rotatable bonds is 3. The van der Waals surface area contributed by atoms with Crippen LogP contribution in [0.15, 0.2) is 150 Å². The molecule has 2 aliphatic rings. The van der Waals surface area contributed by atoms with Crippen molar-refractivity contribution in [2.24, 2.45) is 0 Å². The van der Waals surface area contributed by atoms with E-state index in [1.54, 1.807) is 0 Å². The molecule has 2 aromatic heterocycles. The average molecular weight is 606 g/mol. The van der Waals surface area contributed by atoms with Gasteiger partial charge in [-0.25, -0.2) is 9.97 Å². The van der Waals surface area contributed by atoms with Crippen LogP contribution in [0.4, 0.5) is 0 Å². The predicted molar refractivity (Wildman–Crippen MR) is 192 cm³/mol. The maximum absolute atomic E-state index is 5.28. The highest BCUT2D eigenvalue weighted by atomic mass is 32.2. The molecule has 1 aliphatic heterocycles. The fourth-order valence-electron chi connectivity index (χ4n) is 7.43. The van der Waals surface area contributed by atoms with Gasteiger partial charge in [0, 0.05) is 38.1 Å². The summed E-state index contributed by atoms with van der Waals surface area (Å²) < 4.78 is 2.31. The first-order valence-corrected chi connectivity index (χ1v) is 16.6. The van der Waals surface area contributed by atoms with Crippen molar-refractivity contribution >= 4 is 50.3 Å². The van der Waals surface area contributed by atoms with Crippen molar-refractivity contribution < 1.29 is 0 Å². The van der Waals surface area contributed by atoms with Crippen LogP contribution < -0.4 is 0 Å². The minimum absolute atomic E-state index is 0.257. The van der Waals surface area contributed by atoms with E-state index in [4.69, 9.17) is 9.97 Å². The first-order chi connectivity index (χ1) is 22.8. The Balaban J connectivity index is 1.26. The zero-order valence-corrected chi connectivity index (χ0v) is 25.7. The molecule has 0 bridgehead atoms. The molecular weight excluding hydrogens is 579 g/mol. The summed E-state index contributed by atoms with van der Waals surface area (Å²) in [6.07, 6.45) is 4.74. The molecule has 0 saturated carbocycles. The third-order valence-corrected chi connectivity index (χ3v) is 10.9. The molecule has 1 aliphatic carbocycles. The lowest BCUT2D eigenvalue weighted by Crippen LogP contribution is -2.10. The minimum atomic E-state index is 0.257. The van der Waals surface area contributed by atoms with Crippen LogP contribution in [-0.4, -0.2) is 14.5 Å². The topological polar surface area (TPSA) is 30.7 Å². The average Bonchev–Trinajstić information content (AvgIpc) is 3.66. The second kappa shape index (κ2) is 10.0. The summed E-state index contributed by atoms with van der Waals surface area (Å²) in [4.78, 5) is 11.9. The number of nitrogens with zero attached hydrogens (tertiary/aromatic N) is 3. The highest BCUT2D eigenvalue weighted by Crippen LogP contribution is 2.60. The normalized spacial score (nSPS) is 16.5. The van der Waals surface area contributed by atoms with Gasteiger partial charge in [0.15, 0.2) is 0 Å². The maximum Gasteiger partial charge on any atom is 0.235 e. The lowest BCUT2D eigenvalue weighted by molar-refractivity contribution is 0.814. The van der Waals surface area contributed by atoms with Gasteiger partial charge in [0.1, 0.15) is 0 Å². The van der Waals surface area contributed by atoms with E-state index in [1.165, 1.54) is 48.6 Å². The number of allylic oxidation sites excluding steroid dienone is 1. The van der Waals surface area contributed by atoms with Crippen molar-refractivity contribution in [2.45, 2.75) is 16.1 Å². The van der Waals surface area contributed by atoms with Crippen molar-refractivity contribution in [3.05, 3.63) is 162 Å². The van der Waals surface area contributed by atoms with Crippen molar-refractivity contribution in [3.8, 4) is 28.5 Å². The standard InChI is InChI=1S/C42H27N3S/c1-3-12-27(13-4-1)34-25-35(28-14-5-2-6-15-28)44-42(43-34)45-36-21-19-26-11-9-10-18-31(26)39(36)40-37(45)22-20-32-33-23-29-16-7-8-17-30(29)24-38(33)46-41(32)40/h1-25,32,41H. The zero-order valence-electron chi connectivity index (χ0n) is 24.8. The first kappa shape index (κ1) is 25.8. The third-order valence-electron chi connectivity index (χ3n) is 9.55. The molecule has 0 spiro atoms. The number of hydrogen-bond acceptors (Lipinski definition) is 3. The summed E-state index contributed by atoms with van der Waals surface area (Å²) in [6.45, 7) is 0. The molecule has 0 N–H and O–H groups in total. The fourth-order valence-corrected chi connectivity index (χ4v) is 8.97. The first-order valence-electron chi connectivity index (χ1n) is 15.7. The van der Waals surface area contributed by atoms with Gasteiger partial charge in [0.25, 0.3) is 0 Å². The Bertz CT molecular complexity index is 2460. The van der Waals surface area contributed by atoms with Crippen LogP contribution in [0.2, 0.25) is 0 Å². The molecule has 0 saturated heterocycles. The van der Waals surface area contributed by atoms with Crippen molar-refractivity contribution in [1.29, 1.82) is 0 Å². The van der Waals surface area contributed by atoms with Gasteiger partial charge < -0.3 is 0 Å². The van der Waals surface area contributed by atoms with E-state index >= 15 is 0 Å². The van der Waals surface area contributed by atoms with Gasteiger partial charge in [-0.1, -0.05) is 121 Å². The Morgan fingerprint density at radius 1 is 0.587 bits per heavy atom. The van der Waals surface area contributed by atoms with E-state index < -0.39 is 0 Å². The van der Waals surface area contributed by atoms with Gasteiger partial charge in [-0.05, 0) is 57.4 Å². The van der Waals surface area contributed by atoms with E-state index in [2.05, 4.69) is 144 Å². The Hall–Kier alpha value is -5.45. The summed E-state index contributed by atoms with van der Waals surface area (Å²) in [6, 6.07) is 49.8. The van der Waals surface area contributed by atoms with E-state index in [0.29, 0.717) is 11.9 Å². The molecule has 3 nitrogen and oxygen atoms in total. The van der Waals surface area contributed by atoms with E-state index in [1.807, 2.05) is 23.9 Å². The van der Waals surface area contributed by atoms with Crippen molar-refractivity contribution in [2.75, 3.05) is 0 Å². The molecule has 0 radical (unpaired) electrons. The van der Waals surface area contributed by atoms with Crippen LogP contribution in [0.3, 0.4) is 0 Å². The van der Waals surface area contributed by atoms with Crippen LogP contribution >= 0.6 is 11.8 Å². The Morgan fingerprint density at radius 3 is 1.93 bits per heavy atom. The molecule has 0 fully saturated rings. The molecule has 216 valence electrons. The smallest absolute Gasteiger partial charge is 0.235 e. The fraction of sp³-hybridized carbons (Fsp3) is 0.0476. The van der Waals surface area contributed by atoms with Crippen LogP contribution in [0, 0.1) is 0 Å². The van der Waals surface area contributed by atoms with Crippen molar-refractivity contribution in [3.63, 3.8) is 0 Å². The number of benzene rings is 6. The van der Waals surface area contributed by atoms with Gasteiger partial charge >= 0.3 is 0 Å². The van der Waals surface area contributed by atoms with Crippen molar-refractivity contribution in [1.82, 2.24) is 14.5 Å². The molecule has 4 heteroatoms. The molecule has 2 atom stereocenters. The largest absolute Gasteiger partial charge is 0.278 e. The second-order valence-electron chi connectivity index (χ2n) is 12.1. The minimum Gasteiger partial charge on any atom is -0.278 e. The Labute approximate surface area is 270 Å². The SMILES string of the molecule is C1=CC2c3cc4ccccc4cc3SC2c2c1n(-c1nc(-c3ccccc3)cc(-c3ccccc3)n1)c1ccc3ccccc3c21. The molecule has 8 aromatic rings. The van der Waals surface area contributed by atoms with Crippen LogP contribution in [0.1, 0.15) is 28.0 Å². The summed E-state index contributed by atoms with van der Waals surface area (Å²) in [5, 5.41) is 6.67. The maximum atomic E-state index is 5.28. The van der Waals surface area contributed by atoms with E-state index in [-0.39, 0.29) is 5.25 Å². The molecule has 46 heavy (non-hydrogen) atoms. The summed E-state index contributed by atoms with van der Waals surface area (Å²) in [7, 11) is 0. The molecule has 6 aromatic carbocycles. The van der Waals surface area contributed by atoms with Gasteiger partial charge in [0.05, 0.1) is 22.6 Å². The second-order valence-corrected chi connectivity index (χ2v) is 13.3. The Morgan fingerprint density at radius 2 is 1.22 bits per heavy atom. The van der Waals surface area contributed by atoms with E-state index in [9.17, 15) is 0 Å². The third kappa shape index (κ3) is 3.87. The van der Waals surface area contributed by atoms with E-state index in [0.717, 1.165) is 28.0 Å². The van der Waals surface area contributed by atoms with Gasteiger partial charge in [0.2, 0.25) is 5.95 Å². The lowest BCUT2D eigenvalue weighted by atomic mass is 9.85. The molecule has 10 rings (SSSR count). The summed E-state index contributed by atoms with van der Waals surface area (Å²) in [5.41, 5.74) is 9.07. The Kier molecular flexibility index (Phi) is 5.63. The van der Waals surface area contributed by atoms with Gasteiger partial charge in [-0.15, -0.1) is 11.8 Å². The highest BCUT2D eigenvalue weighted by Gasteiger charge is 2.40. The molecule has 2 unspecified atom stereocenters. The zero-order chi connectivity index (χ0) is 30.2. The number of aromatic nitrogens is 3. The van der Waals surface area contributed by atoms with Gasteiger partial charge in [-0.3, -0.25) is 4.57 Å². The number of thioether (sulfide) groups is 1.